The number of methoxy groups -OCH3 is 1. The number of pyridine rings is 1. The van der Waals surface area contributed by atoms with E-state index in [0.29, 0.717) is 5.56 Å². The molecular weight excluding hydrogens is 336 g/mol. The fourth-order valence-electron chi connectivity index (χ4n) is 2.86. The summed E-state index contributed by atoms with van der Waals surface area (Å²) in [5.74, 6) is 1.54. The molecule has 0 unspecified atom stereocenters. The molecule has 0 aliphatic rings. The van der Waals surface area contributed by atoms with Crippen molar-refractivity contribution >= 4 is 0 Å². The van der Waals surface area contributed by atoms with Crippen LogP contribution >= 0.6 is 0 Å². The van der Waals surface area contributed by atoms with Gasteiger partial charge in [-0.3, -0.25) is 0 Å². The smallest absolute Gasteiger partial charge is 0.153 e. The van der Waals surface area contributed by atoms with Crippen molar-refractivity contribution in [2.24, 2.45) is 0 Å². The third-order valence-electron chi connectivity index (χ3n) is 4.27. The molecule has 0 spiro atoms. The molecule has 0 saturated carbocycles. The highest BCUT2D eigenvalue weighted by Gasteiger charge is 2.14. The number of rotatable bonds is 4. The molecule has 0 bridgehead atoms. The van der Waals surface area contributed by atoms with Crippen molar-refractivity contribution in [2.75, 3.05) is 7.11 Å². The first-order valence-corrected chi connectivity index (χ1v) is 8.45. The van der Waals surface area contributed by atoms with Crippen LogP contribution in [0.1, 0.15) is 5.56 Å². The van der Waals surface area contributed by atoms with Gasteiger partial charge >= 0.3 is 0 Å². The zero-order valence-corrected chi connectivity index (χ0v) is 14.7. The Hall–Kier alpha value is -3.91. The molecule has 27 heavy (non-hydrogen) atoms. The molecule has 2 aromatic carbocycles. The Morgan fingerprint density at radius 2 is 1.67 bits per heavy atom. The van der Waals surface area contributed by atoms with Crippen molar-refractivity contribution < 1.29 is 4.74 Å². The number of benzene rings is 2. The van der Waals surface area contributed by atoms with E-state index >= 15 is 0 Å². The summed E-state index contributed by atoms with van der Waals surface area (Å²) in [7, 11) is 1.65. The molecule has 0 radical (unpaired) electrons. The van der Waals surface area contributed by atoms with Crippen LogP contribution in [0.4, 0.5) is 0 Å². The number of nitriles is 1. The van der Waals surface area contributed by atoms with Crippen LogP contribution in [0.2, 0.25) is 0 Å². The highest BCUT2D eigenvalue weighted by atomic mass is 16.5. The lowest BCUT2D eigenvalue weighted by molar-refractivity contribution is 0.415. The molecule has 0 aliphatic carbocycles. The van der Waals surface area contributed by atoms with E-state index in [9.17, 15) is 0 Å². The number of hydrogen-bond donors (Lipinski definition) is 0. The zero-order valence-electron chi connectivity index (χ0n) is 14.7. The molecule has 0 N–H and O–H groups in total. The summed E-state index contributed by atoms with van der Waals surface area (Å²) in [5, 5.41) is 13.8. The average molecular weight is 352 g/mol. The van der Waals surface area contributed by atoms with Crippen LogP contribution in [0, 0.1) is 11.3 Å². The largest absolute Gasteiger partial charge is 0.497 e. The molecule has 130 valence electrons. The fourth-order valence-corrected chi connectivity index (χ4v) is 2.86. The summed E-state index contributed by atoms with van der Waals surface area (Å²) in [6.45, 7) is 0. The Labute approximate surface area is 157 Å². The van der Waals surface area contributed by atoms with E-state index in [1.807, 2.05) is 65.3 Å². The summed E-state index contributed by atoms with van der Waals surface area (Å²) >= 11 is 0. The second kappa shape index (κ2) is 7.14. The standard InChI is InChI=1S/C22H16N4O/c1-27-19-11-9-18(10-12-19)21-14-20(17-7-5-16(15-23)6-8-17)25-26(21)22-4-2-3-13-24-22/h2-14H,1H3. The lowest BCUT2D eigenvalue weighted by Crippen LogP contribution is -2.01. The number of aromatic nitrogens is 3. The van der Waals surface area contributed by atoms with E-state index in [4.69, 9.17) is 15.1 Å². The first-order valence-electron chi connectivity index (χ1n) is 8.45. The lowest BCUT2D eigenvalue weighted by Gasteiger charge is -2.07. The monoisotopic (exact) mass is 352 g/mol. The van der Waals surface area contributed by atoms with Crippen LogP contribution in [0.5, 0.6) is 5.75 Å². The molecule has 0 saturated heterocycles. The minimum atomic E-state index is 0.623. The predicted molar refractivity (Wildman–Crippen MR) is 103 cm³/mol. The van der Waals surface area contributed by atoms with Gasteiger partial charge in [0.1, 0.15) is 5.75 Å². The van der Waals surface area contributed by atoms with Gasteiger partial charge in [-0.25, -0.2) is 9.67 Å². The average Bonchev–Trinajstić information content (AvgIpc) is 3.20. The SMILES string of the molecule is COc1ccc(-c2cc(-c3ccc(C#N)cc3)nn2-c2ccccn2)cc1. The first kappa shape index (κ1) is 16.6. The Balaban J connectivity index is 1.85. The summed E-state index contributed by atoms with van der Waals surface area (Å²) in [5.41, 5.74) is 4.32. The van der Waals surface area contributed by atoms with Crippen molar-refractivity contribution in [2.45, 2.75) is 0 Å². The van der Waals surface area contributed by atoms with Crippen LogP contribution in [0.15, 0.2) is 79.0 Å². The lowest BCUT2D eigenvalue weighted by atomic mass is 10.1. The number of hydrogen-bond acceptors (Lipinski definition) is 4. The van der Waals surface area contributed by atoms with Crippen LogP contribution in [0.25, 0.3) is 28.3 Å². The van der Waals surface area contributed by atoms with Gasteiger partial charge < -0.3 is 4.74 Å². The van der Waals surface area contributed by atoms with Crippen LogP contribution in [-0.2, 0) is 0 Å². The van der Waals surface area contributed by atoms with Crippen molar-refractivity contribution in [1.29, 1.82) is 5.26 Å². The minimum Gasteiger partial charge on any atom is -0.497 e. The molecule has 2 aromatic heterocycles. The van der Waals surface area contributed by atoms with Gasteiger partial charge in [-0.2, -0.15) is 10.4 Å². The molecule has 0 amide bonds. The third-order valence-corrected chi connectivity index (χ3v) is 4.27. The predicted octanol–water partition coefficient (Wildman–Crippen LogP) is 4.48. The summed E-state index contributed by atoms with van der Waals surface area (Å²) in [6.07, 6.45) is 1.75. The molecule has 4 rings (SSSR count). The van der Waals surface area contributed by atoms with E-state index in [2.05, 4.69) is 11.1 Å². The second-order valence-corrected chi connectivity index (χ2v) is 5.93. The molecule has 0 fully saturated rings. The highest BCUT2D eigenvalue weighted by Crippen LogP contribution is 2.29. The number of nitrogens with zero attached hydrogens (tertiary/aromatic N) is 4. The van der Waals surface area contributed by atoms with E-state index in [0.717, 1.165) is 34.1 Å². The van der Waals surface area contributed by atoms with E-state index in [-0.39, 0.29) is 0 Å². The Kier molecular flexibility index (Phi) is 4.38. The third kappa shape index (κ3) is 3.29. The van der Waals surface area contributed by atoms with Gasteiger partial charge in [-0.05, 0) is 54.6 Å². The topological polar surface area (TPSA) is 63.7 Å². The fraction of sp³-hybridized carbons (Fsp3) is 0.0455. The normalized spacial score (nSPS) is 10.4. The van der Waals surface area contributed by atoms with Gasteiger partial charge in [0.05, 0.1) is 30.1 Å². The van der Waals surface area contributed by atoms with Crippen molar-refractivity contribution in [1.82, 2.24) is 14.8 Å². The van der Waals surface area contributed by atoms with Gasteiger partial charge in [0.15, 0.2) is 5.82 Å². The molecule has 2 heterocycles. The minimum absolute atomic E-state index is 0.623. The molecule has 4 aromatic rings. The molecule has 0 atom stereocenters. The molecular formula is C22H16N4O. The summed E-state index contributed by atoms with van der Waals surface area (Å²) < 4.78 is 7.08. The molecule has 0 aliphatic heterocycles. The van der Waals surface area contributed by atoms with Crippen molar-refractivity contribution in [3.05, 3.63) is 84.6 Å². The maximum atomic E-state index is 9.00. The Morgan fingerprint density at radius 1 is 0.926 bits per heavy atom. The van der Waals surface area contributed by atoms with Crippen molar-refractivity contribution in [3.8, 4) is 40.2 Å². The summed E-state index contributed by atoms with van der Waals surface area (Å²) in [4.78, 5) is 4.44. The summed E-state index contributed by atoms with van der Waals surface area (Å²) in [6, 6.07) is 25.1. The molecule has 5 heteroatoms. The maximum absolute atomic E-state index is 9.00. The van der Waals surface area contributed by atoms with Gasteiger partial charge in [0.2, 0.25) is 0 Å². The van der Waals surface area contributed by atoms with Crippen molar-refractivity contribution in [3.63, 3.8) is 0 Å². The molecule has 5 nitrogen and oxygen atoms in total. The van der Waals surface area contributed by atoms with Gasteiger partial charge in [0.25, 0.3) is 0 Å². The maximum Gasteiger partial charge on any atom is 0.153 e. The Morgan fingerprint density at radius 3 is 2.30 bits per heavy atom. The van der Waals surface area contributed by atoms with Crippen LogP contribution in [0.3, 0.4) is 0 Å². The number of ether oxygens (including phenoxy) is 1. The van der Waals surface area contributed by atoms with Gasteiger partial charge in [-0.15, -0.1) is 0 Å². The quantitative estimate of drug-likeness (QED) is 0.543. The van der Waals surface area contributed by atoms with E-state index < -0.39 is 0 Å². The van der Waals surface area contributed by atoms with E-state index in [1.165, 1.54) is 0 Å². The second-order valence-electron chi connectivity index (χ2n) is 5.93. The zero-order chi connectivity index (χ0) is 18.6. The first-order chi connectivity index (χ1) is 13.3. The van der Waals surface area contributed by atoms with Gasteiger partial charge in [-0.1, -0.05) is 18.2 Å². The van der Waals surface area contributed by atoms with Crippen LogP contribution < -0.4 is 4.74 Å². The highest BCUT2D eigenvalue weighted by molar-refractivity contribution is 5.70. The van der Waals surface area contributed by atoms with E-state index in [1.54, 1.807) is 25.4 Å². The van der Waals surface area contributed by atoms with Crippen LogP contribution in [-0.4, -0.2) is 21.9 Å². The Bertz CT molecular complexity index is 1090. The van der Waals surface area contributed by atoms with Gasteiger partial charge in [0, 0.05) is 17.3 Å².